The van der Waals surface area contributed by atoms with Gasteiger partial charge in [0.25, 0.3) is 0 Å². The lowest BCUT2D eigenvalue weighted by atomic mass is 9.98. The minimum Gasteiger partial charge on any atom is -0.475 e. The van der Waals surface area contributed by atoms with Crippen molar-refractivity contribution < 1.29 is 46.9 Å². The molecule has 3 aliphatic rings. The number of nitrogens with zero attached hydrogens (tertiary/aromatic N) is 2. The molecule has 3 heterocycles. The number of carbonyl (C=O) groups is 4. The Kier molecular flexibility index (Phi) is 11.6. The predicted molar refractivity (Wildman–Crippen MR) is 145 cm³/mol. The summed E-state index contributed by atoms with van der Waals surface area (Å²) in [6.45, 7) is 6.03. The largest absolute Gasteiger partial charge is 0.490 e. The van der Waals surface area contributed by atoms with E-state index in [0.717, 1.165) is 45.1 Å². The van der Waals surface area contributed by atoms with Crippen molar-refractivity contribution in [1.82, 2.24) is 15.1 Å². The summed E-state index contributed by atoms with van der Waals surface area (Å²) in [6.07, 6.45) is 0.825. The van der Waals surface area contributed by atoms with E-state index in [1.54, 1.807) is 9.80 Å². The Morgan fingerprint density at radius 1 is 1.07 bits per heavy atom. The molecule has 1 fully saturated rings. The Labute approximate surface area is 243 Å². The monoisotopic (exact) mass is 599 g/mol. The molecule has 1 aromatic rings. The number of hydrogen-bond donors (Lipinski definition) is 2. The number of aryl methyl sites for hydroxylation is 1. The molecule has 0 spiro atoms. The van der Waals surface area contributed by atoms with E-state index < -0.39 is 42.4 Å². The van der Waals surface area contributed by atoms with Gasteiger partial charge >= 0.3 is 24.2 Å². The van der Waals surface area contributed by atoms with Gasteiger partial charge in [-0.05, 0) is 48.4 Å². The fourth-order valence-corrected chi connectivity index (χ4v) is 5.57. The Bertz CT molecular complexity index is 1130. The second-order valence-corrected chi connectivity index (χ2v) is 11.2. The number of methoxy groups -OCH3 is 1. The fraction of sp³-hybridized carbons (Fsp3) is 0.655. The number of halogens is 3. The number of carboxylic acids is 1. The van der Waals surface area contributed by atoms with E-state index >= 15 is 0 Å². The highest BCUT2D eigenvalue weighted by Crippen LogP contribution is 2.30. The van der Waals surface area contributed by atoms with Gasteiger partial charge < -0.3 is 24.8 Å². The third kappa shape index (κ3) is 8.59. The molecule has 1 saturated heterocycles. The van der Waals surface area contributed by atoms with Crippen molar-refractivity contribution in [3.8, 4) is 0 Å². The van der Waals surface area contributed by atoms with Gasteiger partial charge in [0.1, 0.15) is 12.1 Å². The first-order chi connectivity index (χ1) is 19.8. The van der Waals surface area contributed by atoms with Gasteiger partial charge in [0.2, 0.25) is 5.91 Å². The minimum absolute atomic E-state index is 0.0628. The smallest absolute Gasteiger partial charge is 0.475 e. The lowest BCUT2D eigenvalue weighted by Crippen LogP contribution is -2.53. The summed E-state index contributed by atoms with van der Waals surface area (Å²) in [5.74, 6) is -3.30. The quantitative estimate of drug-likeness (QED) is 0.488. The molecule has 2 amide bonds. The van der Waals surface area contributed by atoms with Crippen molar-refractivity contribution in [2.45, 2.75) is 96.2 Å². The third-order valence-corrected chi connectivity index (χ3v) is 7.79. The number of aliphatic carboxylic acids is 1. The van der Waals surface area contributed by atoms with Gasteiger partial charge in [-0.1, -0.05) is 51.3 Å². The number of benzene rings is 1. The number of fused-ring (bicyclic) bond motifs is 3. The number of carbonyl (C=O) groups excluding carboxylic acids is 3. The molecule has 0 aromatic heterocycles. The number of nitrogens with one attached hydrogen (secondary N) is 1. The molecule has 10 nitrogen and oxygen atoms in total. The van der Waals surface area contributed by atoms with E-state index in [4.69, 9.17) is 19.4 Å². The maximum atomic E-state index is 13.5. The van der Waals surface area contributed by atoms with Crippen LogP contribution in [0.2, 0.25) is 0 Å². The molecule has 0 radical (unpaired) electrons. The molecule has 4 rings (SSSR count). The maximum absolute atomic E-state index is 13.5. The van der Waals surface area contributed by atoms with Crippen molar-refractivity contribution in [1.29, 1.82) is 0 Å². The van der Waals surface area contributed by atoms with Crippen molar-refractivity contribution in [2.75, 3.05) is 20.2 Å². The molecule has 3 atom stereocenters. The highest BCUT2D eigenvalue weighted by Gasteiger charge is 2.45. The number of amides is 2. The lowest BCUT2D eigenvalue weighted by Gasteiger charge is -2.30. The summed E-state index contributed by atoms with van der Waals surface area (Å²) >= 11 is 0. The Balaban J connectivity index is 0.000000616. The second-order valence-electron chi connectivity index (χ2n) is 11.2. The number of ether oxygens (including phenoxy) is 2. The molecular formula is C29H40F3N3O7. The molecule has 13 heteroatoms. The van der Waals surface area contributed by atoms with Crippen LogP contribution in [0, 0.1) is 5.92 Å². The summed E-state index contributed by atoms with van der Waals surface area (Å²) in [6, 6.07) is 5.19. The van der Waals surface area contributed by atoms with E-state index in [0.29, 0.717) is 13.1 Å². The molecule has 3 aliphatic heterocycles. The van der Waals surface area contributed by atoms with Gasteiger partial charge in [-0.25, -0.2) is 14.4 Å². The minimum atomic E-state index is -5.08. The Morgan fingerprint density at radius 2 is 1.71 bits per heavy atom. The summed E-state index contributed by atoms with van der Waals surface area (Å²) in [5.41, 5.74) is 3.73. The molecule has 42 heavy (non-hydrogen) atoms. The molecule has 0 unspecified atom stereocenters. The molecule has 2 N–H and O–H groups in total. The number of rotatable bonds is 2. The van der Waals surface area contributed by atoms with Gasteiger partial charge in [-0.15, -0.1) is 0 Å². The predicted octanol–water partition coefficient (Wildman–Crippen LogP) is 4.04. The lowest BCUT2D eigenvalue weighted by molar-refractivity contribution is -0.192. The zero-order valence-electron chi connectivity index (χ0n) is 24.2. The van der Waals surface area contributed by atoms with Crippen molar-refractivity contribution in [3.63, 3.8) is 0 Å². The molecule has 0 saturated carbocycles. The second kappa shape index (κ2) is 14.7. The van der Waals surface area contributed by atoms with Crippen LogP contribution in [0.25, 0.3) is 0 Å². The number of alkyl halides is 3. The maximum Gasteiger partial charge on any atom is 0.490 e. The SMILES string of the molecule is COC(=O)[C@@H]1C[C@@H]2CN1C(=O)[C@H](C(C)C)NCCCCCCCc1cccc3c1CN(C3)C(=O)O2.O=C(O)C(F)(F)F. The van der Waals surface area contributed by atoms with Crippen LogP contribution in [0.15, 0.2) is 18.2 Å². The van der Waals surface area contributed by atoms with Crippen LogP contribution < -0.4 is 5.32 Å². The fourth-order valence-electron chi connectivity index (χ4n) is 5.57. The van der Waals surface area contributed by atoms with Gasteiger partial charge in [-0.3, -0.25) is 9.69 Å². The van der Waals surface area contributed by atoms with E-state index in [1.165, 1.54) is 23.8 Å². The van der Waals surface area contributed by atoms with Crippen molar-refractivity contribution in [2.24, 2.45) is 5.92 Å². The first-order valence-corrected chi connectivity index (χ1v) is 14.3. The van der Waals surface area contributed by atoms with E-state index in [1.807, 2.05) is 13.8 Å². The average molecular weight is 600 g/mol. The van der Waals surface area contributed by atoms with Crippen LogP contribution in [0.5, 0.6) is 0 Å². The summed E-state index contributed by atoms with van der Waals surface area (Å²) in [5, 5.41) is 10.5. The Hall–Kier alpha value is -3.35. The van der Waals surface area contributed by atoms with E-state index in [9.17, 15) is 27.6 Å². The molecular weight excluding hydrogens is 559 g/mol. The van der Waals surface area contributed by atoms with Crippen LogP contribution in [0.1, 0.15) is 69.1 Å². The van der Waals surface area contributed by atoms with Gasteiger partial charge in [0.05, 0.1) is 19.7 Å². The topological polar surface area (TPSA) is 125 Å². The van der Waals surface area contributed by atoms with Crippen LogP contribution in [-0.2, 0) is 43.4 Å². The normalized spacial score (nSPS) is 23.7. The van der Waals surface area contributed by atoms with Crippen LogP contribution in [-0.4, -0.2) is 83.4 Å². The van der Waals surface area contributed by atoms with Crippen LogP contribution in [0.3, 0.4) is 0 Å². The highest BCUT2D eigenvalue weighted by atomic mass is 19.4. The zero-order valence-corrected chi connectivity index (χ0v) is 24.2. The number of carboxylic acid groups (broad SMARTS) is 1. The van der Waals surface area contributed by atoms with Gasteiger partial charge in [0, 0.05) is 19.5 Å². The molecule has 1 aromatic carbocycles. The number of esters is 1. The molecule has 234 valence electrons. The Morgan fingerprint density at radius 3 is 2.36 bits per heavy atom. The summed E-state index contributed by atoms with van der Waals surface area (Å²) in [4.78, 5) is 51.3. The average Bonchev–Trinajstić information content (AvgIpc) is 3.56. The van der Waals surface area contributed by atoms with Crippen LogP contribution >= 0.6 is 0 Å². The van der Waals surface area contributed by atoms with E-state index in [-0.39, 0.29) is 24.8 Å². The van der Waals surface area contributed by atoms with Crippen LogP contribution in [0.4, 0.5) is 18.0 Å². The molecule has 0 aliphatic carbocycles. The first kappa shape index (κ1) is 33.2. The van der Waals surface area contributed by atoms with Crippen molar-refractivity contribution >= 4 is 23.9 Å². The van der Waals surface area contributed by atoms with Gasteiger partial charge in [0.15, 0.2) is 0 Å². The highest BCUT2D eigenvalue weighted by molar-refractivity contribution is 5.88. The number of hydrogen-bond acceptors (Lipinski definition) is 7. The molecule has 4 bridgehead atoms. The first-order valence-electron chi connectivity index (χ1n) is 14.3. The van der Waals surface area contributed by atoms with Gasteiger partial charge in [-0.2, -0.15) is 13.2 Å². The third-order valence-electron chi connectivity index (χ3n) is 7.79. The van der Waals surface area contributed by atoms with Crippen molar-refractivity contribution in [3.05, 3.63) is 34.9 Å². The standard InChI is InChI=1S/C27H39N3O5.C2HF3O2/c1-18(2)24-25(31)30-16-21(14-23(30)26(32)34-3)35-27(33)29-15-20-12-9-11-19(22(20)17-29)10-7-5-4-6-8-13-28-24;3-2(4,5)1(6)7/h9,11-12,18,21,23-24,28H,4-8,10,13-17H2,1-3H3;(H,6,7)/t21-,23+,24+;/m1./s1. The zero-order chi connectivity index (χ0) is 31.0. The summed E-state index contributed by atoms with van der Waals surface area (Å²) < 4.78 is 42.6. The summed E-state index contributed by atoms with van der Waals surface area (Å²) in [7, 11) is 1.32. The van der Waals surface area contributed by atoms with E-state index in [2.05, 4.69) is 23.5 Å².